The summed E-state index contributed by atoms with van der Waals surface area (Å²) in [7, 11) is 0. The first kappa shape index (κ1) is 17.4. The van der Waals surface area contributed by atoms with Gasteiger partial charge >= 0.3 is 0 Å². The molecule has 0 aliphatic heterocycles. The molecule has 1 rings (SSSR count). The summed E-state index contributed by atoms with van der Waals surface area (Å²) in [6.45, 7) is 8.54. The maximum absolute atomic E-state index is 13.1. The van der Waals surface area contributed by atoms with Crippen molar-refractivity contribution in [2.75, 3.05) is 5.32 Å². The van der Waals surface area contributed by atoms with Crippen LogP contribution in [0.25, 0.3) is 0 Å². The van der Waals surface area contributed by atoms with Gasteiger partial charge in [-0.1, -0.05) is 11.6 Å². The number of carbonyl (C=O) groups excluding carboxylic acids is 2. The SMILES string of the molecule is CC(C)(C)NC(=O)C(C)(C)C(=O)Nc1ccc(F)c(Cl)c1. The van der Waals surface area contributed by atoms with Gasteiger partial charge in [-0.2, -0.15) is 0 Å². The van der Waals surface area contributed by atoms with E-state index in [9.17, 15) is 14.0 Å². The van der Waals surface area contributed by atoms with Gasteiger partial charge in [0.2, 0.25) is 11.8 Å². The molecule has 116 valence electrons. The van der Waals surface area contributed by atoms with Crippen molar-refractivity contribution in [1.82, 2.24) is 5.32 Å². The Labute approximate surface area is 129 Å². The second kappa shape index (κ2) is 6.02. The van der Waals surface area contributed by atoms with Crippen LogP contribution in [0, 0.1) is 11.2 Å². The van der Waals surface area contributed by atoms with Crippen LogP contribution in [0.2, 0.25) is 5.02 Å². The molecule has 1 aromatic rings. The molecule has 0 heterocycles. The summed E-state index contributed by atoms with van der Waals surface area (Å²) < 4.78 is 13.1. The molecule has 0 aliphatic rings. The third-order valence-corrected chi connectivity index (χ3v) is 3.09. The second-order valence-corrected chi connectivity index (χ2v) is 6.82. The van der Waals surface area contributed by atoms with E-state index in [1.54, 1.807) is 0 Å². The number of carbonyl (C=O) groups is 2. The molecule has 0 unspecified atom stereocenters. The summed E-state index contributed by atoms with van der Waals surface area (Å²) in [5, 5.41) is 5.23. The zero-order valence-electron chi connectivity index (χ0n) is 12.8. The van der Waals surface area contributed by atoms with Crippen LogP contribution in [0.4, 0.5) is 10.1 Å². The van der Waals surface area contributed by atoms with Crippen LogP contribution in [0.15, 0.2) is 18.2 Å². The largest absolute Gasteiger partial charge is 0.351 e. The molecule has 1 aromatic carbocycles. The van der Waals surface area contributed by atoms with E-state index in [-0.39, 0.29) is 10.9 Å². The van der Waals surface area contributed by atoms with Gasteiger partial charge in [0.15, 0.2) is 0 Å². The predicted octanol–water partition coefficient (Wildman–Crippen LogP) is 3.36. The predicted molar refractivity (Wildman–Crippen MR) is 81.7 cm³/mol. The molecule has 21 heavy (non-hydrogen) atoms. The van der Waals surface area contributed by atoms with E-state index in [0.29, 0.717) is 5.69 Å². The van der Waals surface area contributed by atoms with Crippen LogP contribution in [0.5, 0.6) is 0 Å². The minimum absolute atomic E-state index is 0.0928. The van der Waals surface area contributed by atoms with Crippen LogP contribution in [-0.2, 0) is 9.59 Å². The number of halogens is 2. The van der Waals surface area contributed by atoms with Crippen molar-refractivity contribution in [3.63, 3.8) is 0 Å². The molecule has 0 bridgehead atoms. The maximum Gasteiger partial charge on any atom is 0.239 e. The number of amides is 2. The van der Waals surface area contributed by atoms with Crippen LogP contribution in [-0.4, -0.2) is 17.4 Å². The monoisotopic (exact) mass is 314 g/mol. The first-order valence-electron chi connectivity index (χ1n) is 6.52. The summed E-state index contributed by atoms with van der Waals surface area (Å²) in [5.41, 5.74) is -1.37. The number of hydrogen-bond donors (Lipinski definition) is 2. The Balaban J connectivity index is 2.86. The first-order valence-corrected chi connectivity index (χ1v) is 6.90. The van der Waals surface area contributed by atoms with Gasteiger partial charge < -0.3 is 10.6 Å². The van der Waals surface area contributed by atoms with Crippen LogP contribution < -0.4 is 10.6 Å². The van der Waals surface area contributed by atoms with Gasteiger partial charge in [0, 0.05) is 11.2 Å². The number of rotatable bonds is 3. The topological polar surface area (TPSA) is 58.2 Å². The molecule has 0 saturated heterocycles. The minimum Gasteiger partial charge on any atom is -0.351 e. The Kier molecular flexibility index (Phi) is 4.99. The standard InChI is InChI=1S/C15H20ClFN2O2/c1-14(2,3)19-13(21)15(4,5)12(20)18-9-6-7-11(17)10(16)8-9/h6-8H,1-5H3,(H,18,20)(H,19,21). The smallest absolute Gasteiger partial charge is 0.239 e. The Morgan fingerprint density at radius 1 is 1.10 bits per heavy atom. The highest BCUT2D eigenvalue weighted by Crippen LogP contribution is 2.23. The average Bonchev–Trinajstić information content (AvgIpc) is 2.31. The van der Waals surface area contributed by atoms with E-state index in [1.807, 2.05) is 20.8 Å². The highest BCUT2D eigenvalue weighted by molar-refractivity contribution is 6.31. The van der Waals surface area contributed by atoms with Gasteiger partial charge in [0.1, 0.15) is 11.2 Å². The van der Waals surface area contributed by atoms with E-state index in [0.717, 1.165) is 6.07 Å². The van der Waals surface area contributed by atoms with E-state index >= 15 is 0 Å². The number of benzene rings is 1. The molecule has 0 fully saturated rings. The normalized spacial score (nSPS) is 12.0. The molecule has 0 aromatic heterocycles. The first-order chi connectivity index (χ1) is 9.43. The van der Waals surface area contributed by atoms with E-state index in [4.69, 9.17) is 11.6 Å². The zero-order chi connectivity index (χ0) is 16.4. The third-order valence-electron chi connectivity index (χ3n) is 2.80. The van der Waals surface area contributed by atoms with Crippen molar-refractivity contribution < 1.29 is 14.0 Å². The summed E-state index contributed by atoms with van der Waals surface area (Å²) in [4.78, 5) is 24.4. The lowest BCUT2D eigenvalue weighted by molar-refractivity contribution is -0.139. The maximum atomic E-state index is 13.1. The fraction of sp³-hybridized carbons (Fsp3) is 0.467. The Morgan fingerprint density at radius 3 is 2.14 bits per heavy atom. The van der Waals surface area contributed by atoms with Crippen molar-refractivity contribution in [2.45, 2.75) is 40.2 Å². The molecule has 0 atom stereocenters. The summed E-state index contributed by atoms with van der Waals surface area (Å²) >= 11 is 5.66. The van der Waals surface area contributed by atoms with Crippen LogP contribution >= 0.6 is 11.6 Å². The van der Waals surface area contributed by atoms with Gasteiger partial charge in [0.25, 0.3) is 0 Å². The average molecular weight is 315 g/mol. The van der Waals surface area contributed by atoms with Gasteiger partial charge in [0.05, 0.1) is 5.02 Å². The molecule has 0 spiro atoms. The lowest BCUT2D eigenvalue weighted by atomic mass is 9.89. The highest BCUT2D eigenvalue weighted by atomic mass is 35.5. The van der Waals surface area contributed by atoms with Crippen molar-refractivity contribution in [2.24, 2.45) is 5.41 Å². The van der Waals surface area contributed by atoms with Crippen LogP contribution in [0.1, 0.15) is 34.6 Å². The van der Waals surface area contributed by atoms with Crippen molar-refractivity contribution >= 4 is 29.1 Å². The van der Waals surface area contributed by atoms with Gasteiger partial charge in [-0.25, -0.2) is 4.39 Å². The molecule has 4 nitrogen and oxygen atoms in total. The van der Waals surface area contributed by atoms with Crippen molar-refractivity contribution in [1.29, 1.82) is 0 Å². The fourth-order valence-electron chi connectivity index (χ4n) is 1.46. The molecular formula is C15H20ClFN2O2. The fourth-order valence-corrected chi connectivity index (χ4v) is 1.64. The molecule has 6 heteroatoms. The number of hydrogen-bond acceptors (Lipinski definition) is 2. The van der Waals surface area contributed by atoms with E-state index in [1.165, 1.54) is 26.0 Å². The quantitative estimate of drug-likeness (QED) is 0.840. The molecule has 0 aliphatic carbocycles. The van der Waals surface area contributed by atoms with Gasteiger partial charge in [-0.3, -0.25) is 9.59 Å². The lowest BCUT2D eigenvalue weighted by Gasteiger charge is -2.28. The second-order valence-electron chi connectivity index (χ2n) is 6.41. The van der Waals surface area contributed by atoms with E-state index < -0.39 is 22.7 Å². The Morgan fingerprint density at radius 2 is 1.67 bits per heavy atom. The Bertz CT molecular complexity index is 565. The molecule has 2 amide bonds. The van der Waals surface area contributed by atoms with Crippen LogP contribution in [0.3, 0.4) is 0 Å². The minimum atomic E-state index is -1.27. The number of anilines is 1. The molecule has 0 radical (unpaired) electrons. The van der Waals surface area contributed by atoms with Crippen molar-refractivity contribution in [3.05, 3.63) is 29.0 Å². The molecule has 0 saturated carbocycles. The Hall–Kier alpha value is -1.62. The summed E-state index contributed by atoms with van der Waals surface area (Å²) in [6, 6.07) is 3.84. The molecule has 2 N–H and O–H groups in total. The summed E-state index contributed by atoms with van der Waals surface area (Å²) in [6.07, 6.45) is 0. The van der Waals surface area contributed by atoms with E-state index in [2.05, 4.69) is 10.6 Å². The third kappa shape index (κ3) is 4.70. The zero-order valence-corrected chi connectivity index (χ0v) is 13.6. The van der Waals surface area contributed by atoms with Gasteiger partial charge in [-0.15, -0.1) is 0 Å². The summed E-state index contributed by atoms with van der Waals surface area (Å²) in [5.74, 6) is -1.45. The lowest BCUT2D eigenvalue weighted by Crippen LogP contribution is -2.51. The number of nitrogens with one attached hydrogen (secondary N) is 2. The molecular weight excluding hydrogens is 295 g/mol. The van der Waals surface area contributed by atoms with Crippen molar-refractivity contribution in [3.8, 4) is 0 Å². The highest BCUT2D eigenvalue weighted by Gasteiger charge is 2.37. The van der Waals surface area contributed by atoms with Gasteiger partial charge in [-0.05, 0) is 52.8 Å².